The van der Waals surface area contributed by atoms with Gasteiger partial charge in [0.15, 0.2) is 8.32 Å². The van der Waals surface area contributed by atoms with Crippen LogP contribution in [-0.2, 0) is 4.43 Å². The third-order valence-corrected chi connectivity index (χ3v) is 7.93. The van der Waals surface area contributed by atoms with Gasteiger partial charge in [-0.2, -0.15) is 0 Å². The number of aliphatic hydroxyl groups is 2. The highest BCUT2D eigenvalue weighted by Gasteiger charge is 2.37. The van der Waals surface area contributed by atoms with Gasteiger partial charge in [-0.15, -0.1) is 6.58 Å². The fourth-order valence-electron chi connectivity index (χ4n) is 0.987. The van der Waals surface area contributed by atoms with Crippen molar-refractivity contribution in [2.24, 2.45) is 5.92 Å². The zero-order chi connectivity index (χ0) is 13.0. The minimum absolute atomic E-state index is 0.0917. The Balaban J connectivity index is 4.29. The van der Waals surface area contributed by atoms with Crippen LogP contribution in [0.3, 0.4) is 0 Å². The molecule has 96 valence electrons. The van der Waals surface area contributed by atoms with Gasteiger partial charge in [-0.25, -0.2) is 0 Å². The van der Waals surface area contributed by atoms with E-state index >= 15 is 0 Å². The molecule has 2 atom stereocenters. The Hall–Kier alpha value is -0.163. The molecule has 0 aliphatic carbocycles. The Morgan fingerprint density at radius 1 is 1.38 bits per heavy atom. The van der Waals surface area contributed by atoms with E-state index in [-0.39, 0.29) is 24.2 Å². The highest BCUT2D eigenvalue weighted by Crippen LogP contribution is 2.36. The smallest absolute Gasteiger partial charge is 0.192 e. The first-order valence-corrected chi connectivity index (χ1v) is 8.62. The molecule has 0 aromatic rings. The largest absolute Gasteiger partial charge is 0.414 e. The third kappa shape index (κ3) is 4.37. The van der Waals surface area contributed by atoms with Gasteiger partial charge in [-0.3, -0.25) is 0 Å². The van der Waals surface area contributed by atoms with Crippen LogP contribution < -0.4 is 0 Å². The van der Waals surface area contributed by atoms with Crippen molar-refractivity contribution in [3.05, 3.63) is 12.7 Å². The van der Waals surface area contributed by atoms with Gasteiger partial charge in [0, 0.05) is 5.92 Å². The predicted molar refractivity (Wildman–Crippen MR) is 69.9 cm³/mol. The molecule has 0 aliphatic heterocycles. The first-order chi connectivity index (χ1) is 7.15. The maximum absolute atomic E-state index is 9.80. The Morgan fingerprint density at radius 2 is 1.88 bits per heavy atom. The number of aliphatic hydroxyl groups excluding tert-OH is 2. The Bertz CT molecular complexity index is 221. The SMILES string of the molecule is C=C[C@H](CO)[C@H](O)CO[Si](C)(C)C(C)(C)C. The molecule has 0 aromatic carbocycles. The maximum atomic E-state index is 9.80. The summed E-state index contributed by atoms with van der Waals surface area (Å²) in [5.74, 6) is -0.301. The van der Waals surface area contributed by atoms with E-state index in [0.717, 1.165) is 0 Å². The van der Waals surface area contributed by atoms with E-state index in [2.05, 4.69) is 40.4 Å². The summed E-state index contributed by atoms with van der Waals surface area (Å²) < 4.78 is 5.87. The summed E-state index contributed by atoms with van der Waals surface area (Å²) >= 11 is 0. The molecular weight excluding hydrogens is 220 g/mol. The summed E-state index contributed by atoms with van der Waals surface area (Å²) in [6.45, 7) is 14.5. The molecule has 0 saturated heterocycles. The fraction of sp³-hybridized carbons (Fsp3) is 0.833. The van der Waals surface area contributed by atoms with Crippen LogP contribution >= 0.6 is 0 Å². The highest BCUT2D eigenvalue weighted by molar-refractivity contribution is 6.74. The lowest BCUT2D eigenvalue weighted by atomic mass is 10.1. The molecule has 0 heterocycles. The number of rotatable bonds is 6. The molecule has 0 saturated carbocycles. The van der Waals surface area contributed by atoms with E-state index in [1.807, 2.05) is 0 Å². The van der Waals surface area contributed by atoms with Crippen molar-refractivity contribution in [3.8, 4) is 0 Å². The molecule has 0 spiro atoms. The Labute approximate surface area is 100 Å². The van der Waals surface area contributed by atoms with E-state index in [4.69, 9.17) is 9.53 Å². The molecule has 0 unspecified atom stereocenters. The summed E-state index contributed by atoms with van der Waals surface area (Å²) in [7, 11) is -1.81. The topological polar surface area (TPSA) is 49.7 Å². The van der Waals surface area contributed by atoms with Crippen LogP contribution in [0, 0.1) is 5.92 Å². The Kier molecular flexibility index (Phi) is 5.90. The van der Waals surface area contributed by atoms with Crippen LogP contribution in [0.15, 0.2) is 12.7 Å². The minimum Gasteiger partial charge on any atom is -0.414 e. The lowest BCUT2D eigenvalue weighted by Gasteiger charge is -2.37. The summed E-state index contributed by atoms with van der Waals surface area (Å²) in [4.78, 5) is 0. The Morgan fingerprint density at radius 3 is 2.19 bits per heavy atom. The lowest BCUT2D eigenvalue weighted by molar-refractivity contribution is 0.0454. The highest BCUT2D eigenvalue weighted by atomic mass is 28.4. The van der Waals surface area contributed by atoms with E-state index in [1.165, 1.54) is 0 Å². The quantitative estimate of drug-likeness (QED) is 0.558. The van der Waals surface area contributed by atoms with Gasteiger partial charge in [0.1, 0.15) is 0 Å². The van der Waals surface area contributed by atoms with Crippen molar-refractivity contribution in [1.82, 2.24) is 0 Å². The van der Waals surface area contributed by atoms with Gasteiger partial charge in [-0.05, 0) is 18.1 Å². The molecule has 0 bridgehead atoms. The first-order valence-electron chi connectivity index (χ1n) is 5.71. The lowest BCUT2D eigenvalue weighted by Crippen LogP contribution is -2.43. The van der Waals surface area contributed by atoms with E-state index in [0.29, 0.717) is 0 Å². The number of hydrogen-bond acceptors (Lipinski definition) is 3. The fourth-order valence-corrected chi connectivity index (χ4v) is 2.01. The van der Waals surface area contributed by atoms with Gasteiger partial charge in [-0.1, -0.05) is 26.8 Å². The van der Waals surface area contributed by atoms with E-state index in [1.54, 1.807) is 6.08 Å². The number of hydrogen-bond donors (Lipinski definition) is 2. The van der Waals surface area contributed by atoms with Crippen molar-refractivity contribution >= 4 is 8.32 Å². The molecule has 0 rings (SSSR count). The molecule has 0 amide bonds. The molecule has 2 N–H and O–H groups in total. The normalized spacial score (nSPS) is 16.9. The second kappa shape index (κ2) is 5.96. The summed E-state index contributed by atoms with van der Waals surface area (Å²) in [5, 5.41) is 18.9. The van der Waals surface area contributed by atoms with Gasteiger partial charge >= 0.3 is 0 Å². The summed E-state index contributed by atoms with van der Waals surface area (Å²) in [6.07, 6.45) is 0.899. The average molecular weight is 246 g/mol. The first kappa shape index (κ1) is 15.8. The van der Waals surface area contributed by atoms with Crippen molar-refractivity contribution < 1.29 is 14.6 Å². The van der Waals surface area contributed by atoms with Crippen molar-refractivity contribution in [1.29, 1.82) is 0 Å². The average Bonchev–Trinajstić information content (AvgIpc) is 2.15. The van der Waals surface area contributed by atoms with Crippen LogP contribution in [0.5, 0.6) is 0 Å². The molecule has 3 nitrogen and oxygen atoms in total. The second-order valence-corrected chi connectivity index (χ2v) is 10.5. The van der Waals surface area contributed by atoms with Crippen LogP contribution in [0.2, 0.25) is 18.1 Å². The van der Waals surface area contributed by atoms with Crippen LogP contribution in [0.4, 0.5) is 0 Å². The zero-order valence-electron chi connectivity index (χ0n) is 11.2. The van der Waals surface area contributed by atoms with Gasteiger partial charge in [0.05, 0.1) is 19.3 Å². The third-order valence-electron chi connectivity index (χ3n) is 3.43. The molecular formula is C12H26O3Si. The monoisotopic (exact) mass is 246 g/mol. The van der Waals surface area contributed by atoms with Crippen molar-refractivity contribution in [3.63, 3.8) is 0 Å². The van der Waals surface area contributed by atoms with Gasteiger partial charge in [0.25, 0.3) is 0 Å². The minimum atomic E-state index is -1.81. The maximum Gasteiger partial charge on any atom is 0.192 e. The molecule has 0 radical (unpaired) electrons. The second-order valence-electron chi connectivity index (χ2n) is 5.72. The summed E-state index contributed by atoms with van der Waals surface area (Å²) in [6, 6.07) is 0. The van der Waals surface area contributed by atoms with E-state index < -0.39 is 14.4 Å². The van der Waals surface area contributed by atoms with Crippen molar-refractivity contribution in [2.45, 2.75) is 45.0 Å². The zero-order valence-corrected chi connectivity index (χ0v) is 12.2. The molecule has 4 heteroatoms. The van der Waals surface area contributed by atoms with Crippen LogP contribution in [0.25, 0.3) is 0 Å². The van der Waals surface area contributed by atoms with E-state index in [9.17, 15) is 5.11 Å². The van der Waals surface area contributed by atoms with Crippen molar-refractivity contribution in [2.75, 3.05) is 13.2 Å². The predicted octanol–water partition coefficient (Wildman–Crippen LogP) is 2.16. The molecule has 16 heavy (non-hydrogen) atoms. The standard InChI is InChI=1S/C12H26O3Si/c1-7-10(8-13)11(14)9-15-16(5,6)12(2,3)4/h7,10-11,13-14H,1,8-9H2,2-6H3/t10-,11-/m1/s1. The van der Waals surface area contributed by atoms with Gasteiger partial charge in [0.2, 0.25) is 0 Å². The molecule has 0 fully saturated rings. The summed E-state index contributed by atoms with van der Waals surface area (Å²) in [5.41, 5.74) is 0. The van der Waals surface area contributed by atoms with Gasteiger partial charge < -0.3 is 14.6 Å². The molecule has 0 aliphatic rings. The van der Waals surface area contributed by atoms with Crippen LogP contribution in [0.1, 0.15) is 20.8 Å². The van der Waals surface area contributed by atoms with Crippen LogP contribution in [-0.4, -0.2) is 37.8 Å². The molecule has 0 aromatic heterocycles.